The number of hydrogen-bond acceptors (Lipinski definition) is 14. The molecule has 16 nitrogen and oxygen atoms in total. The number of ether oxygens (including phenoxy) is 1. The lowest BCUT2D eigenvalue weighted by atomic mass is 10.00. The van der Waals surface area contributed by atoms with E-state index >= 15 is 0 Å². The standard InChI is InChI=1S/C50H58BrN10O6P/c1-4-33-10-11-35-37(53-33)12-13-38(46(35)68(65)26-5-6-27-68)54-47-36(51)30-52-49(57-47)55-39-28-31(2)42(29-43(39)66-3)60-20-17-34(18-21-60)59-24-22-58(23-25-59)19-16-32-8-7-9-40-45(32)67-50(64)61(40)41-14-15-44(62)56-48(41)63/h7-13,28-30,34,41H,4-6,14-27H2,1-3H3,(H,56,62,63)(H2,52,54,55,57). The molecule has 10 rings (SSSR count). The normalized spacial score (nSPS) is 19.5. The smallest absolute Gasteiger partial charge is 0.420 e. The second-order valence-electron chi connectivity index (χ2n) is 18.5. The Kier molecular flexibility index (Phi) is 13.2. The quantitative estimate of drug-likeness (QED) is 0.0759. The molecule has 0 saturated carbocycles. The number of carbonyl (C=O) groups is 2. The highest BCUT2D eigenvalue weighted by molar-refractivity contribution is 9.10. The zero-order chi connectivity index (χ0) is 47.1. The Bertz CT molecular complexity index is 3010. The van der Waals surface area contributed by atoms with Gasteiger partial charge in [-0.25, -0.2) is 9.78 Å². The highest BCUT2D eigenvalue weighted by Gasteiger charge is 2.35. The van der Waals surface area contributed by atoms with E-state index in [0.717, 1.165) is 134 Å². The molecule has 3 N–H and O–H groups in total. The van der Waals surface area contributed by atoms with Crippen LogP contribution in [0.3, 0.4) is 0 Å². The fourth-order valence-electron chi connectivity index (χ4n) is 10.7. The maximum Gasteiger partial charge on any atom is 0.420 e. The minimum absolute atomic E-state index is 0.189. The summed E-state index contributed by atoms with van der Waals surface area (Å²) >= 11 is 3.67. The number of nitrogens with zero attached hydrogens (tertiary/aromatic N) is 7. The number of amides is 2. The van der Waals surface area contributed by atoms with Crippen LogP contribution < -0.4 is 36.6 Å². The summed E-state index contributed by atoms with van der Waals surface area (Å²) in [5.74, 6) is 0.307. The van der Waals surface area contributed by atoms with E-state index in [1.165, 1.54) is 4.57 Å². The van der Waals surface area contributed by atoms with E-state index in [1.54, 1.807) is 19.4 Å². The third-order valence-corrected chi connectivity index (χ3v) is 18.3. The molecule has 4 aliphatic rings. The molecule has 68 heavy (non-hydrogen) atoms. The van der Waals surface area contributed by atoms with E-state index in [-0.39, 0.29) is 18.7 Å². The minimum atomic E-state index is -2.64. The zero-order valence-electron chi connectivity index (χ0n) is 38.9. The molecule has 4 aliphatic heterocycles. The van der Waals surface area contributed by atoms with E-state index < -0.39 is 24.8 Å². The van der Waals surface area contributed by atoms with Crippen LogP contribution in [0, 0.1) is 6.92 Å². The van der Waals surface area contributed by atoms with Gasteiger partial charge in [-0.3, -0.25) is 29.4 Å². The lowest BCUT2D eigenvalue weighted by Crippen LogP contribution is -2.53. The second kappa shape index (κ2) is 19.4. The van der Waals surface area contributed by atoms with Gasteiger partial charge < -0.3 is 34.2 Å². The van der Waals surface area contributed by atoms with Gasteiger partial charge in [0.2, 0.25) is 17.8 Å². The number of pyridine rings is 1. The highest BCUT2D eigenvalue weighted by Crippen LogP contribution is 2.54. The van der Waals surface area contributed by atoms with Crippen molar-refractivity contribution in [3.05, 3.63) is 92.6 Å². The molecule has 1 atom stereocenters. The molecular weight excluding hydrogens is 947 g/mol. The van der Waals surface area contributed by atoms with E-state index in [4.69, 9.17) is 19.1 Å². The summed E-state index contributed by atoms with van der Waals surface area (Å²) in [5.41, 5.74) is 7.75. The lowest BCUT2D eigenvalue weighted by Gasteiger charge is -2.43. The molecule has 0 spiro atoms. The Morgan fingerprint density at radius 1 is 0.926 bits per heavy atom. The van der Waals surface area contributed by atoms with Gasteiger partial charge in [0.1, 0.15) is 24.8 Å². The topological polar surface area (TPSA) is 180 Å². The van der Waals surface area contributed by atoms with Crippen LogP contribution in [0.4, 0.5) is 28.8 Å². The number of fused-ring (bicyclic) bond motifs is 2. The Labute approximate surface area is 403 Å². The number of imide groups is 1. The Morgan fingerprint density at radius 3 is 2.47 bits per heavy atom. The van der Waals surface area contributed by atoms with Crippen LogP contribution >= 0.6 is 23.1 Å². The summed E-state index contributed by atoms with van der Waals surface area (Å²) in [5, 5.41) is 11.1. The maximum absolute atomic E-state index is 14.5. The van der Waals surface area contributed by atoms with Crippen molar-refractivity contribution >= 4 is 91.0 Å². The van der Waals surface area contributed by atoms with Gasteiger partial charge in [-0.15, -0.1) is 0 Å². The predicted molar refractivity (Wildman–Crippen MR) is 270 cm³/mol. The number of carbonyl (C=O) groups excluding carboxylic acids is 2. The van der Waals surface area contributed by atoms with E-state index in [0.29, 0.717) is 51.5 Å². The number of aromatic nitrogens is 4. The first-order chi connectivity index (χ1) is 33.0. The third-order valence-electron chi connectivity index (χ3n) is 14.4. The van der Waals surface area contributed by atoms with Crippen molar-refractivity contribution in [1.29, 1.82) is 0 Å². The number of para-hydroxylation sites is 1. The molecule has 1 unspecified atom stereocenters. The summed E-state index contributed by atoms with van der Waals surface area (Å²) in [6, 6.07) is 17.8. The molecule has 0 radical (unpaired) electrons. The monoisotopic (exact) mass is 1000 g/mol. The summed E-state index contributed by atoms with van der Waals surface area (Å²) in [6.45, 7) is 10.9. The number of rotatable bonds is 13. The summed E-state index contributed by atoms with van der Waals surface area (Å²) in [7, 11) is -0.957. The molecule has 2 amide bonds. The Hall–Kier alpha value is -5.61. The van der Waals surface area contributed by atoms with Gasteiger partial charge in [0.15, 0.2) is 5.58 Å². The van der Waals surface area contributed by atoms with Crippen LogP contribution in [0.25, 0.3) is 22.0 Å². The minimum Gasteiger partial charge on any atom is -0.494 e. The maximum atomic E-state index is 14.5. The number of piperazine rings is 1. The van der Waals surface area contributed by atoms with Crippen molar-refractivity contribution in [1.82, 2.24) is 34.6 Å². The number of benzene rings is 3. The zero-order valence-corrected chi connectivity index (χ0v) is 41.3. The number of nitrogens with one attached hydrogen (secondary N) is 3. The van der Waals surface area contributed by atoms with Crippen LogP contribution in [-0.4, -0.2) is 112 Å². The molecular formula is C50H58BrN10O6P. The van der Waals surface area contributed by atoms with Crippen molar-refractivity contribution < 1.29 is 23.3 Å². The number of halogens is 1. The van der Waals surface area contributed by atoms with E-state index in [2.05, 4.69) is 83.6 Å². The van der Waals surface area contributed by atoms with E-state index in [9.17, 15) is 18.9 Å². The van der Waals surface area contributed by atoms with Gasteiger partial charge in [-0.2, -0.15) is 4.98 Å². The number of methoxy groups -OCH3 is 1. The number of hydrogen-bond donors (Lipinski definition) is 3. The molecule has 18 heteroatoms. The lowest BCUT2D eigenvalue weighted by molar-refractivity contribution is -0.135. The van der Waals surface area contributed by atoms with Crippen molar-refractivity contribution in [3.8, 4) is 5.75 Å². The van der Waals surface area contributed by atoms with Crippen molar-refractivity contribution in [2.75, 3.05) is 80.8 Å². The molecule has 0 bridgehead atoms. The molecule has 3 aromatic carbocycles. The van der Waals surface area contributed by atoms with E-state index in [1.807, 2.05) is 30.3 Å². The fourth-order valence-corrected chi connectivity index (χ4v) is 14.3. The van der Waals surface area contributed by atoms with Gasteiger partial charge >= 0.3 is 5.76 Å². The summed E-state index contributed by atoms with van der Waals surface area (Å²) in [4.78, 5) is 59.2. The van der Waals surface area contributed by atoms with Crippen molar-refractivity contribution in [2.24, 2.45) is 0 Å². The predicted octanol–water partition coefficient (Wildman–Crippen LogP) is 7.65. The second-order valence-corrected chi connectivity index (χ2v) is 22.5. The number of piperidine rings is 2. The van der Waals surface area contributed by atoms with Crippen LogP contribution in [0.5, 0.6) is 5.75 Å². The van der Waals surface area contributed by atoms with Crippen molar-refractivity contribution in [3.63, 3.8) is 0 Å². The number of aryl methyl sites for hydroxylation is 2. The van der Waals surface area contributed by atoms with Gasteiger partial charge in [-0.05, 0) is 109 Å². The average Bonchev–Trinajstić information content (AvgIpc) is 3.94. The largest absolute Gasteiger partial charge is 0.494 e. The van der Waals surface area contributed by atoms with Crippen LogP contribution in [0.2, 0.25) is 0 Å². The summed E-state index contributed by atoms with van der Waals surface area (Å²) in [6.07, 6.45) is 9.18. The van der Waals surface area contributed by atoms with Gasteiger partial charge in [-0.1, -0.05) is 25.1 Å². The van der Waals surface area contributed by atoms with Gasteiger partial charge in [0.25, 0.3) is 0 Å². The van der Waals surface area contributed by atoms with Gasteiger partial charge in [0.05, 0.1) is 34.0 Å². The SMILES string of the molecule is CCc1ccc2c(P3(=O)CCCC3)c(Nc3nc(Nc4cc(C)c(N5CCC(N6CCN(CCc7cccc8c7oc(=O)n8C7CCC(=O)NC7=O)CC6)CC5)cc4OC)ncc3Br)ccc2n1. The molecule has 356 valence electrons. The first kappa shape index (κ1) is 46.1. The number of anilines is 5. The molecule has 6 aromatic rings. The molecule has 4 fully saturated rings. The van der Waals surface area contributed by atoms with Crippen LogP contribution in [0.1, 0.15) is 68.3 Å². The summed E-state index contributed by atoms with van der Waals surface area (Å²) < 4.78 is 28.3. The first-order valence-electron chi connectivity index (χ1n) is 23.9. The number of oxazole rings is 1. The third kappa shape index (κ3) is 9.17. The Balaban J connectivity index is 0.756. The van der Waals surface area contributed by atoms with Crippen LogP contribution in [0.15, 0.2) is 74.5 Å². The Morgan fingerprint density at radius 2 is 1.72 bits per heavy atom. The first-order valence-corrected chi connectivity index (χ1v) is 26.8. The van der Waals surface area contributed by atoms with Gasteiger partial charge in [0, 0.05) is 105 Å². The highest BCUT2D eigenvalue weighted by atomic mass is 79.9. The molecule has 4 saturated heterocycles. The molecule has 3 aromatic heterocycles. The fraction of sp³-hybridized carbons (Fsp3) is 0.440. The molecule has 0 aliphatic carbocycles. The van der Waals surface area contributed by atoms with Crippen molar-refractivity contribution in [2.45, 2.75) is 77.3 Å². The molecule has 7 heterocycles. The van der Waals surface area contributed by atoms with Crippen LogP contribution in [-0.2, 0) is 27.0 Å². The average molecular weight is 1010 g/mol.